The van der Waals surface area contributed by atoms with Gasteiger partial charge in [0.15, 0.2) is 0 Å². The third kappa shape index (κ3) is 7.12. The Kier molecular flexibility index (Phi) is 10.1. The van der Waals surface area contributed by atoms with E-state index in [1.54, 1.807) is 23.6 Å². The minimum absolute atomic E-state index is 0.00424. The van der Waals surface area contributed by atoms with Gasteiger partial charge in [-0.1, -0.05) is 13.8 Å². The zero-order valence-corrected chi connectivity index (χ0v) is 12.0. The van der Waals surface area contributed by atoms with E-state index in [1.165, 1.54) is 0 Å². The Morgan fingerprint density at radius 1 is 0.789 bits per heavy atom. The number of carbonyl (C=O) groups excluding carboxylic acids is 2. The molecule has 0 spiro atoms. The third-order valence-electron chi connectivity index (χ3n) is 2.91. The number of hydrogen-bond donors (Lipinski definition) is 2. The summed E-state index contributed by atoms with van der Waals surface area (Å²) in [5.74, 6) is 0.00847. The summed E-state index contributed by atoms with van der Waals surface area (Å²) in [7, 11) is 0. The molecule has 0 saturated carbocycles. The van der Waals surface area contributed by atoms with Crippen molar-refractivity contribution in [3.63, 3.8) is 0 Å². The van der Waals surface area contributed by atoms with Crippen molar-refractivity contribution in [2.24, 2.45) is 0 Å². The van der Waals surface area contributed by atoms with Crippen molar-refractivity contribution < 1.29 is 19.8 Å². The Labute approximate surface area is 115 Å². The van der Waals surface area contributed by atoms with Gasteiger partial charge < -0.3 is 20.0 Å². The molecular weight excluding hydrogens is 248 g/mol. The fourth-order valence-corrected chi connectivity index (χ4v) is 1.86. The molecule has 2 N–H and O–H groups in total. The van der Waals surface area contributed by atoms with Gasteiger partial charge in [-0.15, -0.1) is 0 Å². The van der Waals surface area contributed by atoms with Gasteiger partial charge in [0.2, 0.25) is 11.8 Å². The first-order valence-corrected chi connectivity index (χ1v) is 6.87. The van der Waals surface area contributed by atoms with Crippen LogP contribution in [0.1, 0.15) is 33.1 Å². The lowest BCUT2D eigenvalue weighted by Crippen LogP contribution is -2.38. The quantitative estimate of drug-likeness (QED) is 0.580. The first kappa shape index (κ1) is 17.9. The summed E-state index contributed by atoms with van der Waals surface area (Å²) in [4.78, 5) is 26.4. The zero-order chi connectivity index (χ0) is 14.7. The first-order chi connectivity index (χ1) is 9.10. The largest absolute Gasteiger partial charge is 0.395 e. The molecule has 0 aromatic heterocycles. The Hall–Kier alpha value is -1.14. The van der Waals surface area contributed by atoms with Gasteiger partial charge in [-0.05, 0) is 6.42 Å². The molecule has 112 valence electrons. The summed E-state index contributed by atoms with van der Waals surface area (Å²) in [6, 6.07) is 0. The van der Waals surface area contributed by atoms with Gasteiger partial charge in [0, 0.05) is 39.0 Å². The SMILES string of the molecule is CCC(=O)N(CCO)CCCN(CCO)C(=O)CC. The summed E-state index contributed by atoms with van der Waals surface area (Å²) in [5, 5.41) is 17.8. The normalized spacial score (nSPS) is 10.3. The van der Waals surface area contributed by atoms with Crippen LogP contribution < -0.4 is 0 Å². The van der Waals surface area contributed by atoms with Crippen LogP contribution in [0.2, 0.25) is 0 Å². The van der Waals surface area contributed by atoms with Gasteiger partial charge in [-0.25, -0.2) is 0 Å². The molecule has 0 aromatic carbocycles. The van der Waals surface area contributed by atoms with Crippen LogP contribution in [0.15, 0.2) is 0 Å². The summed E-state index contributed by atoms with van der Waals surface area (Å²) in [6.07, 6.45) is 1.47. The lowest BCUT2D eigenvalue weighted by Gasteiger charge is -2.25. The topological polar surface area (TPSA) is 81.1 Å². The van der Waals surface area contributed by atoms with Crippen LogP contribution >= 0.6 is 0 Å². The van der Waals surface area contributed by atoms with E-state index in [4.69, 9.17) is 10.2 Å². The Bertz CT molecular complexity index is 245. The molecular formula is C13H26N2O4. The average molecular weight is 274 g/mol. The highest BCUT2D eigenvalue weighted by molar-refractivity contribution is 5.76. The number of rotatable bonds is 10. The van der Waals surface area contributed by atoms with Gasteiger partial charge in [-0.2, -0.15) is 0 Å². The average Bonchev–Trinajstić information content (AvgIpc) is 2.43. The highest BCUT2D eigenvalue weighted by atomic mass is 16.3. The van der Waals surface area contributed by atoms with Crippen LogP contribution in [0.25, 0.3) is 0 Å². The predicted molar refractivity (Wildman–Crippen MR) is 72.5 cm³/mol. The van der Waals surface area contributed by atoms with E-state index in [0.29, 0.717) is 45.4 Å². The third-order valence-corrected chi connectivity index (χ3v) is 2.91. The second kappa shape index (κ2) is 10.8. The van der Waals surface area contributed by atoms with Crippen LogP contribution in [0.3, 0.4) is 0 Å². The smallest absolute Gasteiger partial charge is 0.222 e. The van der Waals surface area contributed by atoms with Crippen molar-refractivity contribution in [3.05, 3.63) is 0 Å². The van der Waals surface area contributed by atoms with Crippen molar-refractivity contribution >= 4 is 11.8 Å². The molecule has 0 aliphatic rings. The molecule has 0 aromatic rings. The monoisotopic (exact) mass is 274 g/mol. The Morgan fingerprint density at radius 2 is 1.16 bits per heavy atom. The predicted octanol–water partition coefficient (Wildman–Crippen LogP) is -0.162. The molecule has 0 aliphatic carbocycles. The number of aliphatic hydroxyl groups excluding tert-OH is 2. The summed E-state index contributed by atoms with van der Waals surface area (Å²) < 4.78 is 0. The number of nitrogens with zero attached hydrogens (tertiary/aromatic N) is 2. The molecule has 0 atom stereocenters. The molecule has 19 heavy (non-hydrogen) atoms. The van der Waals surface area contributed by atoms with E-state index in [9.17, 15) is 9.59 Å². The first-order valence-electron chi connectivity index (χ1n) is 6.87. The van der Waals surface area contributed by atoms with Gasteiger partial charge in [0.1, 0.15) is 0 Å². The second-order valence-electron chi connectivity index (χ2n) is 4.27. The minimum atomic E-state index is -0.0556. The fourth-order valence-electron chi connectivity index (χ4n) is 1.86. The highest BCUT2D eigenvalue weighted by Gasteiger charge is 2.13. The maximum absolute atomic E-state index is 11.6. The molecule has 6 heteroatoms. The van der Waals surface area contributed by atoms with Gasteiger partial charge >= 0.3 is 0 Å². The van der Waals surface area contributed by atoms with Gasteiger partial charge in [0.25, 0.3) is 0 Å². The van der Waals surface area contributed by atoms with E-state index in [2.05, 4.69) is 0 Å². The zero-order valence-electron chi connectivity index (χ0n) is 12.0. The standard InChI is InChI=1S/C13H26N2O4/c1-3-12(18)14(8-10-16)6-5-7-15(9-11-17)13(19)4-2/h16-17H,3-11H2,1-2H3. The maximum atomic E-state index is 11.6. The molecule has 0 radical (unpaired) electrons. The summed E-state index contributed by atoms with van der Waals surface area (Å²) in [6.45, 7) is 5.15. The van der Waals surface area contributed by atoms with Crippen molar-refractivity contribution in [1.29, 1.82) is 0 Å². The lowest BCUT2D eigenvalue weighted by atomic mass is 10.3. The molecule has 0 unspecified atom stereocenters. The number of hydrogen-bond acceptors (Lipinski definition) is 4. The van der Waals surface area contributed by atoms with Gasteiger partial charge in [0.05, 0.1) is 13.2 Å². The van der Waals surface area contributed by atoms with Crippen LogP contribution in [0.5, 0.6) is 0 Å². The van der Waals surface area contributed by atoms with Crippen molar-refractivity contribution in [1.82, 2.24) is 9.80 Å². The molecule has 0 heterocycles. The summed E-state index contributed by atoms with van der Waals surface area (Å²) >= 11 is 0. The molecule has 6 nitrogen and oxygen atoms in total. The van der Waals surface area contributed by atoms with Crippen molar-refractivity contribution in [2.45, 2.75) is 33.1 Å². The van der Waals surface area contributed by atoms with E-state index in [1.807, 2.05) is 0 Å². The van der Waals surface area contributed by atoms with Crippen LogP contribution in [-0.4, -0.2) is 71.2 Å². The molecule has 2 amide bonds. The fraction of sp³-hybridized carbons (Fsp3) is 0.846. The number of aliphatic hydroxyl groups is 2. The van der Waals surface area contributed by atoms with E-state index in [0.717, 1.165) is 0 Å². The molecule has 0 saturated heterocycles. The second-order valence-corrected chi connectivity index (χ2v) is 4.27. The maximum Gasteiger partial charge on any atom is 0.222 e. The number of carbonyl (C=O) groups is 2. The van der Waals surface area contributed by atoms with E-state index >= 15 is 0 Å². The Morgan fingerprint density at radius 3 is 1.42 bits per heavy atom. The van der Waals surface area contributed by atoms with E-state index in [-0.39, 0.29) is 25.0 Å². The van der Waals surface area contributed by atoms with Crippen molar-refractivity contribution in [3.8, 4) is 0 Å². The molecule has 0 bridgehead atoms. The summed E-state index contributed by atoms with van der Waals surface area (Å²) in [5.41, 5.74) is 0. The number of amides is 2. The Balaban J connectivity index is 4.19. The van der Waals surface area contributed by atoms with Crippen LogP contribution in [-0.2, 0) is 9.59 Å². The van der Waals surface area contributed by atoms with Crippen LogP contribution in [0, 0.1) is 0 Å². The van der Waals surface area contributed by atoms with E-state index < -0.39 is 0 Å². The lowest BCUT2D eigenvalue weighted by molar-refractivity contribution is -0.132. The highest BCUT2D eigenvalue weighted by Crippen LogP contribution is 2.00. The molecule has 0 rings (SSSR count). The van der Waals surface area contributed by atoms with Crippen molar-refractivity contribution in [2.75, 3.05) is 39.4 Å². The molecule has 0 aliphatic heterocycles. The minimum Gasteiger partial charge on any atom is -0.395 e. The molecule has 0 fully saturated rings. The van der Waals surface area contributed by atoms with Gasteiger partial charge in [-0.3, -0.25) is 9.59 Å². The van der Waals surface area contributed by atoms with Crippen LogP contribution in [0.4, 0.5) is 0 Å².